The molecule has 1 aliphatic heterocycles. The largest absolute Gasteiger partial charge is 0.312 e. The summed E-state index contributed by atoms with van der Waals surface area (Å²) in [5, 5.41) is 4.66. The highest BCUT2D eigenvalue weighted by atomic mass is 32.2. The summed E-state index contributed by atoms with van der Waals surface area (Å²) < 4.78 is 26.9. The van der Waals surface area contributed by atoms with E-state index in [0.29, 0.717) is 21.3 Å². The Morgan fingerprint density at radius 3 is 2.58 bits per heavy atom. The van der Waals surface area contributed by atoms with Gasteiger partial charge in [0.2, 0.25) is 0 Å². The van der Waals surface area contributed by atoms with Gasteiger partial charge in [-0.2, -0.15) is 23.5 Å². The number of nitrogens with one attached hydrogen (secondary N) is 1. The average Bonchev–Trinajstić information content (AvgIpc) is 2.37. The van der Waals surface area contributed by atoms with Crippen molar-refractivity contribution in [3.8, 4) is 0 Å². The van der Waals surface area contributed by atoms with Crippen molar-refractivity contribution >= 4 is 23.5 Å². The molecule has 19 heavy (non-hydrogen) atoms. The molecule has 1 aromatic carbocycles. The third-order valence-electron chi connectivity index (χ3n) is 3.55. The number of halogens is 2. The zero-order valence-corrected chi connectivity index (χ0v) is 13.0. The van der Waals surface area contributed by atoms with Gasteiger partial charge in [0.15, 0.2) is 0 Å². The average molecular weight is 303 g/mol. The Balaban J connectivity index is 2.20. The lowest BCUT2D eigenvalue weighted by Crippen LogP contribution is -2.36. The topological polar surface area (TPSA) is 12.0 Å². The van der Waals surface area contributed by atoms with Gasteiger partial charge >= 0.3 is 0 Å². The highest BCUT2D eigenvalue weighted by Crippen LogP contribution is 2.41. The third-order valence-corrected chi connectivity index (χ3v) is 7.05. The van der Waals surface area contributed by atoms with E-state index in [1.807, 2.05) is 30.6 Å². The third kappa shape index (κ3) is 3.44. The van der Waals surface area contributed by atoms with Crippen LogP contribution in [0.15, 0.2) is 18.2 Å². The minimum absolute atomic E-state index is 0.0759. The Hall–Kier alpha value is -0.260. The summed E-state index contributed by atoms with van der Waals surface area (Å²) in [5.41, 5.74) is 0.559. The Bertz CT molecular complexity index is 441. The Kier molecular flexibility index (Phi) is 5.15. The monoisotopic (exact) mass is 303 g/mol. The van der Waals surface area contributed by atoms with Crippen molar-refractivity contribution in [3.05, 3.63) is 35.4 Å². The molecule has 1 aromatic rings. The van der Waals surface area contributed by atoms with Gasteiger partial charge in [-0.3, -0.25) is 0 Å². The molecule has 1 fully saturated rings. The fourth-order valence-corrected chi connectivity index (χ4v) is 5.43. The lowest BCUT2D eigenvalue weighted by atomic mass is 10.0. The van der Waals surface area contributed by atoms with E-state index >= 15 is 0 Å². The number of rotatable bonds is 3. The zero-order chi connectivity index (χ0) is 14.0. The molecule has 1 saturated heterocycles. The van der Waals surface area contributed by atoms with Crippen LogP contribution < -0.4 is 5.32 Å². The molecule has 4 atom stereocenters. The Morgan fingerprint density at radius 1 is 1.26 bits per heavy atom. The van der Waals surface area contributed by atoms with Crippen molar-refractivity contribution in [2.75, 3.05) is 12.8 Å². The molecule has 0 radical (unpaired) electrons. The van der Waals surface area contributed by atoms with Crippen LogP contribution in [0.2, 0.25) is 0 Å². The van der Waals surface area contributed by atoms with Crippen molar-refractivity contribution in [1.29, 1.82) is 0 Å². The van der Waals surface area contributed by atoms with Crippen LogP contribution in [0, 0.1) is 11.6 Å². The zero-order valence-electron chi connectivity index (χ0n) is 11.3. The predicted molar refractivity (Wildman–Crippen MR) is 80.9 cm³/mol. The molecule has 0 aliphatic carbocycles. The molecule has 106 valence electrons. The molecule has 1 aliphatic rings. The Morgan fingerprint density at radius 2 is 2.00 bits per heavy atom. The second kappa shape index (κ2) is 6.46. The van der Waals surface area contributed by atoms with Crippen molar-refractivity contribution in [3.63, 3.8) is 0 Å². The maximum Gasteiger partial charge on any atom is 0.130 e. The quantitative estimate of drug-likeness (QED) is 0.911. The summed E-state index contributed by atoms with van der Waals surface area (Å²) in [4.78, 5) is 0. The highest BCUT2D eigenvalue weighted by molar-refractivity contribution is 8.07. The van der Waals surface area contributed by atoms with Crippen LogP contribution in [0.25, 0.3) is 0 Å². The first-order valence-corrected chi connectivity index (χ1v) is 8.41. The molecule has 5 heteroatoms. The van der Waals surface area contributed by atoms with Gasteiger partial charge in [-0.15, -0.1) is 0 Å². The van der Waals surface area contributed by atoms with Crippen LogP contribution in [0.1, 0.15) is 25.5 Å². The van der Waals surface area contributed by atoms with Gasteiger partial charge in [0, 0.05) is 39.2 Å². The van der Waals surface area contributed by atoms with Crippen molar-refractivity contribution in [1.82, 2.24) is 5.32 Å². The van der Waals surface area contributed by atoms with Gasteiger partial charge < -0.3 is 5.32 Å². The second-order valence-electron chi connectivity index (χ2n) is 4.85. The Labute approximate surface area is 121 Å². The second-order valence-corrected chi connectivity index (χ2v) is 7.88. The van der Waals surface area contributed by atoms with E-state index in [2.05, 4.69) is 19.2 Å². The summed E-state index contributed by atoms with van der Waals surface area (Å²) in [5.74, 6) is -0.00150. The number of hydrogen-bond donors (Lipinski definition) is 1. The van der Waals surface area contributed by atoms with E-state index in [4.69, 9.17) is 0 Å². The summed E-state index contributed by atoms with van der Waals surface area (Å²) in [6.07, 6.45) is 0. The molecule has 0 saturated carbocycles. The first-order valence-electron chi connectivity index (χ1n) is 6.42. The van der Waals surface area contributed by atoms with Crippen molar-refractivity contribution in [2.24, 2.45) is 0 Å². The van der Waals surface area contributed by atoms with E-state index in [9.17, 15) is 8.78 Å². The molecule has 0 amide bonds. The summed E-state index contributed by atoms with van der Waals surface area (Å²) in [6.45, 7) is 4.44. The first-order chi connectivity index (χ1) is 9.02. The van der Waals surface area contributed by atoms with Crippen LogP contribution in [-0.2, 0) is 0 Å². The van der Waals surface area contributed by atoms with Crippen LogP contribution in [0.5, 0.6) is 0 Å². The molecule has 4 unspecified atom stereocenters. The molecule has 1 N–H and O–H groups in total. The van der Waals surface area contributed by atoms with Crippen molar-refractivity contribution in [2.45, 2.75) is 35.6 Å². The maximum absolute atomic E-state index is 13.9. The molecule has 2 rings (SSSR count). The van der Waals surface area contributed by atoms with E-state index in [0.717, 1.165) is 11.8 Å². The predicted octanol–water partition coefficient (Wildman–Crippen LogP) is 3.85. The van der Waals surface area contributed by atoms with E-state index in [1.165, 1.54) is 6.07 Å². The summed E-state index contributed by atoms with van der Waals surface area (Å²) in [6, 6.07) is 3.77. The highest BCUT2D eigenvalue weighted by Gasteiger charge is 2.32. The van der Waals surface area contributed by atoms with Crippen LogP contribution in [-0.4, -0.2) is 28.6 Å². The lowest BCUT2D eigenvalue weighted by molar-refractivity contribution is 0.520. The van der Waals surface area contributed by atoms with E-state index in [1.54, 1.807) is 6.07 Å². The first kappa shape index (κ1) is 15.1. The van der Waals surface area contributed by atoms with Crippen LogP contribution >= 0.6 is 23.5 Å². The maximum atomic E-state index is 13.9. The van der Waals surface area contributed by atoms with Gasteiger partial charge in [0.1, 0.15) is 11.6 Å². The van der Waals surface area contributed by atoms with Crippen LogP contribution in [0.4, 0.5) is 8.78 Å². The SMILES string of the molecule is CNC(c1ccc(F)cc1F)C1CSC(C)C(C)S1. The molecule has 0 bridgehead atoms. The van der Waals surface area contributed by atoms with Gasteiger partial charge in [-0.05, 0) is 13.1 Å². The number of benzene rings is 1. The van der Waals surface area contributed by atoms with Gasteiger partial charge in [-0.25, -0.2) is 8.78 Å². The fourth-order valence-electron chi connectivity index (χ4n) is 2.28. The smallest absolute Gasteiger partial charge is 0.130 e. The molecular weight excluding hydrogens is 284 g/mol. The van der Waals surface area contributed by atoms with Gasteiger partial charge in [0.25, 0.3) is 0 Å². The van der Waals surface area contributed by atoms with E-state index < -0.39 is 11.6 Å². The van der Waals surface area contributed by atoms with Crippen LogP contribution in [0.3, 0.4) is 0 Å². The normalized spacial score (nSPS) is 29.2. The lowest BCUT2D eigenvalue weighted by Gasteiger charge is -2.36. The molecule has 1 heterocycles. The minimum Gasteiger partial charge on any atom is -0.312 e. The number of thioether (sulfide) groups is 2. The number of hydrogen-bond acceptors (Lipinski definition) is 3. The molecule has 0 spiro atoms. The standard InChI is InChI=1S/C14H19F2NS2/c1-8-9(2)19-13(7-18-8)14(17-3)11-5-4-10(15)6-12(11)16/h4-6,8-9,13-14,17H,7H2,1-3H3. The van der Waals surface area contributed by atoms with Crippen molar-refractivity contribution < 1.29 is 8.78 Å². The fraction of sp³-hybridized carbons (Fsp3) is 0.571. The van der Waals surface area contributed by atoms with Gasteiger partial charge in [-0.1, -0.05) is 19.9 Å². The summed E-state index contributed by atoms with van der Waals surface area (Å²) in [7, 11) is 1.83. The summed E-state index contributed by atoms with van der Waals surface area (Å²) >= 11 is 3.82. The van der Waals surface area contributed by atoms with E-state index in [-0.39, 0.29) is 6.04 Å². The minimum atomic E-state index is -0.524. The van der Waals surface area contributed by atoms with Gasteiger partial charge in [0.05, 0.1) is 0 Å². The molecule has 1 nitrogen and oxygen atoms in total. The molecular formula is C14H19F2NS2. The molecule has 0 aromatic heterocycles.